The van der Waals surface area contributed by atoms with Gasteiger partial charge in [0.2, 0.25) is 0 Å². The molecular weight excluding hydrogens is 252 g/mol. The van der Waals surface area contributed by atoms with E-state index < -0.39 is 0 Å². The first-order chi connectivity index (χ1) is 8.83. The monoisotopic (exact) mass is 268 g/mol. The molecule has 1 aromatic heterocycles. The summed E-state index contributed by atoms with van der Waals surface area (Å²) in [7, 11) is 0. The van der Waals surface area contributed by atoms with Crippen LogP contribution in [-0.2, 0) is 4.74 Å². The first-order valence-corrected chi connectivity index (χ1v) is 7.31. The van der Waals surface area contributed by atoms with Crippen LogP contribution < -0.4 is 5.32 Å². The van der Waals surface area contributed by atoms with Crippen molar-refractivity contribution >= 4 is 23.8 Å². The van der Waals surface area contributed by atoms with Gasteiger partial charge in [-0.25, -0.2) is 0 Å². The van der Waals surface area contributed by atoms with Crippen molar-refractivity contribution in [3.05, 3.63) is 17.6 Å². The predicted molar refractivity (Wildman–Crippen MR) is 71.0 cm³/mol. The van der Waals surface area contributed by atoms with Crippen molar-refractivity contribution in [2.24, 2.45) is 4.99 Å². The smallest absolute Gasteiger partial charge is 0.162 e. The van der Waals surface area contributed by atoms with Crippen molar-refractivity contribution in [2.75, 3.05) is 18.2 Å². The second-order valence-electron chi connectivity index (χ2n) is 4.45. The van der Waals surface area contributed by atoms with E-state index in [2.05, 4.69) is 10.3 Å². The number of furan rings is 1. The number of rotatable bonds is 3. The molecule has 0 aromatic carbocycles. The Bertz CT molecular complexity index is 460. The van der Waals surface area contributed by atoms with Gasteiger partial charge in [0.05, 0.1) is 37.1 Å². The number of hydrogen-bond donors (Lipinski definition) is 2. The molecule has 2 N–H and O–H groups in total. The minimum Gasteiger partial charge on any atom is -0.463 e. The molecule has 2 aliphatic rings. The molecule has 6 heteroatoms. The molecule has 0 radical (unpaired) electrons. The van der Waals surface area contributed by atoms with E-state index >= 15 is 0 Å². The van der Waals surface area contributed by atoms with Gasteiger partial charge in [-0.2, -0.15) is 0 Å². The number of nitrogens with zero attached hydrogens (tertiary/aromatic N) is 1. The Morgan fingerprint density at radius 2 is 2.44 bits per heavy atom. The second kappa shape index (κ2) is 4.95. The number of aliphatic hydroxyl groups is 1. The van der Waals surface area contributed by atoms with E-state index in [1.807, 2.05) is 6.26 Å². The third-order valence-corrected chi connectivity index (χ3v) is 4.15. The van der Waals surface area contributed by atoms with Gasteiger partial charge in [0.1, 0.15) is 0 Å². The molecule has 3 heterocycles. The van der Waals surface area contributed by atoms with Crippen molar-refractivity contribution in [1.82, 2.24) is 0 Å². The van der Waals surface area contributed by atoms with Gasteiger partial charge in [-0.3, -0.25) is 4.99 Å². The molecule has 0 spiro atoms. The number of ether oxygens (including phenoxy) is 1. The lowest BCUT2D eigenvalue weighted by Crippen LogP contribution is -2.12. The predicted octanol–water partition coefficient (Wildman–Crippen LogP) is 2.31. The fraction of sp³-hybridized carbons (Fsp3) is 0.583. The molecule has 3 rings (SSSR count). The molecule has 5 nitrogen and oxygen atoms in total. The van der Waals surface area contributed by atoms with E-state index in [0.717, 1.165) is 29.9 Å². The Morgan fingerprint density at radius 3 is 3.17 bits per heavy atom. The average Bonchev–Trinajstić information content (AvgIpc) is 3.03. The lowest BCUT2D eigenvalue weighted by Gasteiger charge is -2.17. The summed E-state index contributed by atoms with van der Waals surface area (Å²) in [6.07, 6.45) is 7.24. The summed E-state index contributed by atoms with van der Waals surface area (Å²) >= 11 is 1.64. The lowest BCUT2D eigenvalue weighted by atomic mass is 10.1. The number of aliphatic hydroxyl groups excluding tert-OH is 1. The van der Waals surface area contributed by atoms with Crippen LogP contribution in [0.15, 0.2) is 15.7 Å². The number of nitrogens with one attached hydrogen (secondary N) is 1. The van der Waals surface area contributed by atoms with Crippen LogP contribution in [0.5, 0.6) is 0 Å². The number of hydrogen-bond acceptors (Lipinski definition) is 6. The van der Waals surface area contributed by atoms with Crippen molar-refractivity contribution < 1.29 is 14.3 Å². The average molecular weight is 268 g/mol. The summed E-state index contributed by atoms with van der Waals surface area (Å²) in [6, 6.07) is 0. The van der Waals surface area contributed by atoms with Crippen LogP contribution in [0, 0.1) is 0 Å². The van der Waals surface area contributed by atoms with Gasteiger partial charge in [0.15, 0.2) is 11.1 Å². The number of aliphatic imine (C=N–C) groups is 1. The van der Waals surface area contributed by atoms with E-state index in [1.54, 1.807) is 24.4 Å². The van der Waals surface area contributed by atoms with Crippen LogP contribution in [-0.4, -0.2) is 30.4 Å². The van der Waals surface area contributed by atoms with E-state index in [0.29, 0.717) is 0 Å². The molecule has 0 amide bonds. The SMILES string of the molecule is CSC1N=CNc2c([C@H]3CC[C@@H](CO)O3)coc21. The van der Waals surface area contributed by atoms with Gasteiger partial charge in [-0.15, -0.1) is 11.8 Å². The first kappa shape index (κ1) is 12.1. The van der Waals surface area contributed by atoms with Crippen LogP contribution in [0.2, 0.25) is 0 Å². The third kappa shape index (κ3) is 1.94. The van der Waals surface area contributed by atoms with Crippen LogP contribution in [0.25, 0.3) is 0 Å². The Morgan fingerprint density at radius 1 is 1.56 bits per heavy atom. The molecule has 0 aliphatic carbocycles. The number of fused-ring (bicyclic) bond motifs is 1. The summed E-state index contributed by atoms with van der Waals surface area (Å²) in [4.78, 5) is 4.31. The van der Waals surface area contributed by atoms with Gasteiger partial charge < -0.3 is 19.6 Å². The zero-order chi connectivity index (χ0) is 12.5. The lowest BCUT2D eigenvalue weighted by molar-refractivity contribution is 0.0110. The van der Waals surface area contributed by atoms with Gasteiger partial charge in [0, 0.05) is 5.56 Å². The van der Waals surface area contributed by atoms with Gasteiger partial charge >= 0.3 is 0 Å². The van der Waals surface area contributed by atoms with E-state index in [1.165, 1.54) is 0 Å². The molecule has 1 aromatic rings. The largest absolute Gasteiger partial charge is 0.463 e. The van der Waals surface area contributed by atoms with E-state index in [4.69, 9.17) is 14.3 Å². The fourth-order valence-electron chi connectivity index (χ4n) is 2.43. The van der Waals surface area contributed by atoms with E-state index in [-0.39, 0.29) is 24.2 Å². The molecule has 3 atom stereocenters. The third-order valence-electron chi connectivity index (χ3n) is 3.37. The van der Waals surface area contributed by atoms with Crippen molar-refractivity contribution in [3.63, 3.8) is 0 Å². The highest BCUT2D eigenvalue weighted by Gasteiger charge is 2.32. The summed E-state index contributed by atoms with van der Waals surface area (Å²) in [6.45, 7) is 0.0822. The highest BCUT2D eigenvalue weighted by molar-refractivity contribution is 7.98. The summed E-state index contributed by atoms with van der Waals surface area (Å²) < 4.78 is 11.4. The Balaban J connectivity index is 1.85. The molecule has 1 fully saturated rings. The van der Waals surface area contributed by atoms with Crippen LogP contribution in [0.1, 0.15) is 35.6 Å². The van der Waals surface area contributed by atoms with Gasteiger partial charge in [-0.1, -0.05) is 0 Å². The van der Waals surface area contributed by atoms with Crippen LogP contribution >= 0.6 is 11.8 Å². The Kier molecular flexibility index (Phi) is 3.32. The molecule has 1 unspecified atom stereocenters. The van der Waals surface area contributed by atoms with Crippen molar-refractivity contribution in [1.29, 1.82) is 0 Å². The zero-order valence-corrected chi connectivity index (χ0v) is 10.9. The maximum absolute atomic E-state index is 9.11. The van der Waals surface area contributed by atoms with Gasteiger partial charge in [-0.05, 0) is 19.1 Å². The molecular formula is C12H16N2O3S. The molecule has 18 heavy (non-hydrogen) atoms. The molecule has 98 valence electrons. The number of anilines is 1. The molecule has 2 aliphatic heterocycles. The quantitative estimate of drug-likeness (QED) is 0.880. The normalized spacial score (nSPS) is 30.2. The van der Waals surface area contributed by atoms with Crippen LogP contribution in [0.4, 0.5) is 5.69 Å². The Labute approximate surface area is 110 Å². The first-order valence-electron chi connectivity index (χ1n) is 6.02. The van der Waals surface area contributed by atoms with Gasteiger partial charge in [0.25, 0.3) is 0 Å². The van der Waals surface area contributed by atoms with Crippen LogP contribution in [0.3, 0.4) is 0 Å². The Hall–Kier alpha value is -0.980. The maximum Gasteiger partial charge on any atom is 0.162 e. The molecule has 0 saturated carbocycles. The zero-order valence-electron chi connectivity index (χ0n) is 10.1. The van der Waals surface area contributed by atoms with Crippen molar-refractivity contribution in [2.45, 2.75) is 30.4 Å². The topological polar surface area (TPSA) is 67.0 Å². The summed E-state index contributed by atoms with van der Waals surface area (Å²) in [5.74, 6) is 0.857. The standard InChI is InChI=1S/C12H16N2O3S/c1-18-12-11-10(13-6-14-12)8(5-16-11)9-3-2-7(4-15)17-9/h5-7,9,12,15H,2-4H2,1H3,(H,13,14)/t7-,9+,12?/m0/s1. The fourth-order valence-corrected chi connectivity index (χ4v) is 3.00. The highest BCUT2D eigenvalue weighted by Crippen LogP contribution is 2.44. The van der Waals surface area contributed by atoms with Crippen molar-refractivity contribution in [3.8, 4) is 0 Å². The summed E-state index contributed by atoms with van der Waals surface area (Å²) in [5.41, 5.74) is 2.01. The minimum absolute atomic E-state index is 0.0103. The molecule has 1 saturated heterocycles. The maximum atomic E-state index is 9.11. The summed E-state index contributed by atoms with van der Waals surface area (Å²) in [5, 5.41) is 12.3. The molecule has 0 bridgehead atoms. The van der Waals surface area contributed by atoms with E-state index in [9.17, 15) is 0 Å². The second-order valence-corrected chi connectivity index (χ2v) is 5.37. The minimum atomic E-state index is -0.0471. The number of thioether (sulfide) groups is 1. The highest BCUT2D eigenvalue weighted by atomic mass is 32.2.